The highest BCUT2D eigenvalue weighted by Crippen LogP contribution is 2.25. The largest absolute Gasteiger partial charge is 0.379 e. The molecule has 4 N–H and O–H groups in total. The van der Waals surface area contributed by atoms with E-state index < -0.39 is 29.4 Å². The summed E-state index contributed by atoms with van der Waals surface area (Å²) in [6.45, 7) is 8.99. The maximum atomic E-state index is 14.5. The molecule has 1 aliphatic heterocycles. The summed E-state index contributed by atoms with van der Waals surface area (Å²) in [7, 11) is 1.66. The van der Waals surface area contributed by atoms with Gasteiger partial charge in [0.05, 0.1) is 119 Å². The van der Waals surface area contributed by atoms with Crippen LogP contribution in [0.4, 0.5) is 13.2 Å². The molecule has 1 aliphatic rings. The molecule has 0 saturated heterocycles. The minimum absolute atomic E-state index is 0.0511. The van der Waals surface area contributed by atoms with Crippen molar-refractivity contribution < 1.29 is 65.4 Å². The maximum Gasteiger partial charge on any atom is 0.225 e. The zero-order chi connectivity index (χ0) is 47.8. The predicted octanol–water partition coefficient (Wildman–Crippen LogP) is 3.37. The molecule has 1 heterocycles. The average Bonchev–Trinajstić information content (AvgIpc) is 3.28. The summed E-state index contributed by atoms with van der Waals surface area (Å²) < 4.78 is 85.8. The molecule has 0 aliphatic carbocycles. The summed E-state index contributed by atoms with van der Waals surface area (Å²) in [5, 5.41) is 6.77. The number of nitrogens with one attached hydrogen (secondary N) is 4. The molecular weight excluding hydrogens is 916 g/mol. The number of carbonyl (C=O) groups is 3. The molecule has 0 bridgehead atoms. The van der Waals surface area contributed by atoms with E-state index in [0.717, 1.165) is 17.2 Å². The second kappa shape index (κ2) is 34.6. The number of aryl methyl sites for hydroxylation is 2. The Morgan fingerprint density at radius 3 is 1.76 bits per heavy atom. The Morgan fingerprint density at radius 1 is 0.667 bits per heavy atom. The molecule has 17 nitrogen and oxygen atoms in total. The van der Waals surface area contributed by atoms with Crippen molar-refractivity contribution >= 4 is 46.8 Å². The molecule has 66 heavy (non-hydrogen) atoms. The van der Waals surface area contributed by atoms with E-state index in [1.807, 2.05) is 6.92 Å². The minimum atomic E-state index is -1.33. The van der Waals surface area contributed by atoms with Crippen molar-refractivity contribution in [2.24, 2.45) is 4.99 Å². The minimum Gasteiger partial charge on any atom is -0.379 e. The number of hydrazine groups is 1. The number of halogens is 5. The van der Waals surface area contributed by atoms with Crippen molar-refractivity contribution in [1.82, 2.24) is 26.4 Å². The van der Waals surface area contributed by atoms with Crippen molar-refractivity contribution in [3.8, 4) is 0 Å². The number of hydrogen-bond acceptors (Lipinski definition) is 14. The van der Waals surface area contributed by atoms with Gasteiger partial charge in [-0.3, -0.25) is 19.4 Å². The second-order valence-corrected chi connectivity index (χ2v) is 15.6. The quantitative estimate of drug-likeness (QED) is 0.0443. The lowest BCUT2D eigenvalue weighted by molar-refractivity contribution is -0.131. The van der Waals surface area contributed by atoms with E-state index in [-0.39, 0.29) is 63.0 Å². The van der Waals surface area contributed by atoms with E-state index in [9.17, 15) is 27.6 Å². The fourth-order valence-corrected chi connectivity index (χ4v) is 6.63. The van der Waals surface area contributed by atoms with Gasteiger partial charge in [0.15, 0.2) is 11.6 Å². The number of benzene rings is 2. The second-order valence-electron chi connectivity index (χ2n) is 14.7. The van der Waals surface area contributed by atoms with Gasteiger partial charge in [0, 0.05) is 61.6 Å². The third-order valence-corrected chi connectivity index (χ3v) is 10.3. The van der Waals surface area contributed by atoms with Gasteiger partial charge in [-0.2, -0.15) is 0 Å². The monoisotopic (exact) mass is 980 g/mol. The van der Waals surface area contributed by atoms with Crippen molar-refractivity contribution in [2.75, 3.05) is 139 Å². The lowest BCUT2D eigenvalue weighted by Crippen LogP contribution is -2.50. The van der Waals surface area contributed by atoms with Gasteiger partial charge in [-0.05, 0) is 54.7 Å². The fourth-order valence-electron chi connectivity index (χ4n) is 6.14. The topological polar surface area (TPSA) is 189 Å². The van der Waals surface area contributed by atoms with Crippen molar-refractivity contribution in [3.05, 3.63) is 68.5 Å². The average molecular weight is 982 g/mol. The van der Waals surface area contributed by atoms with Gasteiger partial charge in [0.1, 0.15) is 11.7 Å². The smallest absolute Gasteiger partial charge is 0.225 e. The van der Waals surface area contributed by atoms with Crippen LogP contribution in [0.25, 0.3) is 0 Å². The van der Waals surface area contributed by atoms with E-state index in [0.29, 0.717) is 140 Å². The summed E-state index contributed by atoms with van der Waals surface area (Å²) in [4.78, 5) is 43.8. The van der Waals surface area contributed by atoms with Crippen LogP contribution in [0, 0.1) is 24.4 Å². The molecular formula is C44H65Cl2F3N6O11. The van der Waals surface area contributed by atoms with Crippen molar-refractivity contribution in [1.29, 1.82) is 0 Å². The number of ether oxygens (including phenoxy) is 8. The van der Waals surface area contributed by atoms with E-state index in [4.69, 9.17) is 61.1 Å². The fraction of sp³-hybridized carbons (Fsp3) is 0.636. The van der Waals surface area contributed by atoms with Crippen molar-refractivity contribution in [2.45, 2.75) is 45.1 Å². The van der Waals surface area contributed by atoms with Crippen LogP contribution in [0.1, 0.15) is 36.0 Å². The van der Waals surface area contributed by atoms with E-state index in [2.05, 4.69) is 26.5 Å². The van der Waals surface area contributed by atoms with Crippen LogP contribution < -0.4 is 21.5 Å². The molecule has 1 unspecified atom stereocenters. The van der Waals surface area contributed by atoms with Crippen LogP contribution in [-0.2, 0) is 65.1 Å². The summed E-state index contributed by atoms with van der Waals surface area (Å²) >= 11 is 12.4. The molecule has 3 amide bonds. The molecule has 0 fully saturated rings. The number of rotatable bonds is 36. The van der Waals surface area contributed by atoms with Crippen molar-refractivity contribution in [3.63, 3.8) is 0 Å². The maximum absolute atomic E-state index is 14.5. The number of amidine groups is 1. The zero-order valence-electron chi connectivity index (χ0n) is 37.8. The highest BCUT2D eigenvalue weighted by atomic mass is 35.5. The molecule has 0 radical (unpaired) electrons. The Hall–Kier alpha value is -3.67. The van der Waals surface area contributed by atoms with E-state index in [1.165, 1.54) is 0 Å². The van der Waals surface area contributed by atoms with Crippen LogP contribution in [0.5, 0.6) is 0 Å². The number of aliphatic imine (C=N–C) groups is 1. The van der Waals surface area contributed by atoms with Gasteiger partial charge in [-0.1, -0.05) is 23.2 Å². The molecule has 22 heteroatoms. The summed E-state index contributed by atoms with van der Waals surface area (Å²) in [5.41, 5.74) is 7.18. The standard InChI is InChI=1S/C44H65Cl2F3N6O11/c1-32-25-37(46)33(27-36(32)45)3-4-42(56)52-7-10-60-12-14-62-16-18-64-20-22-66-24-23-65-21-19-63-17-15-61-13-11-59-9-5-43(57)53-35(26-34-28-39(48)40(49)30-38(34)47)29-44(58)55-8-6-51-41(31-55)54-50-2/h25,27-28,30,35,50H,3-24,26,29,31H2,1-2H3,(H,51,54)(H,52,56)(H,53,57). The molecule has 1 atom stereocenters. The molecule has 0 aromatic heterocycles. The first-order chi connectivity index (χ1) is 32.0. The van der Waals surface area contributed by atoms with Gasteiger partial charge in [0.25, 0.3) is 0 Å². The Kier molecular flexibility index (Phi) is 29.7. The van der Waals surface area contributed by atoms with Crippen LogP contribution in [-0.4, -0.2) is 173 Å². The zero-order valence-corrected chi connectivity index (χ0v) is 39.4. The summed E-state index contributed by atoms with van der Waals surface area (Å²) in [6.07, 6.45) is 0.339. The summed E-state index contributed by atoms with van der Waals surface area (Å²) in [5.74, 6) is -3.83. The Balaban J connectivity index is 1.07. The highest BCUT2D eigenvalue weighted by Gasteiger charge is 2.25. The third-order valence-electron chi connectivity index (χ3n) is 9.57. The molecule has 2 aromatic rings. The molecule has 372 valence electrons. The van der Waals surface area contributed by atoms with Crippen LogP contribution >= 0.6 is 23.2 Å². The van der Waals surface area contributed by atoms with Gasteiger partial charge < -0.3 is 58.9 Å². The Labute approximate surface area is 394 Å². The number of amides is 3. The Morgan fingerprint density at radius 2 is 1.20 bits per heavy atom. The first kappa shape index (κ1) is 56.7. The van der Waals surface area contributed by atoms with Crippen LogP contribution in [0.15, 0.2) is 29.3 Å². The normalized spacial score (nSPS) is 13.1. The summed E-state index contributed by atoms with van der Waals surface area (Å²) in [6, 6.07) is 3.88. The predicted molar refractivity (Wildman–Crippen MR) is 241 cm³/mol. The van der Waals surface area contributed by atoms with Crippen LogP contribution in [0.2, 0.25) is 10.0 Å². The molecule has 2 aromatic carbocycles. The third kappa shape index (κ3) is 24.9. The van der Waals surface area contributed by atoms with Gasteiger partial charge in [-0.15, -0.1) is 0 Å². The molecule has 3 rings (SSSR count). The lowest BCUT2D eigenvalue weighted by Gasteiger charge is -2.29. The number of hydrogen-bond donors (Lipinski definition) is 4. The SMILES string of the molecule is CNNC1=NCCN(C(=O)CC(Cc2cc(F)c(F)cc2F)NC(=O)CCOCCOCCOCCOCCOCCOCCOCCOCCNC(=O)CCc2cc(Cl)c(C)cc2Cl)C1. The van der Waals surface area contributed by atoms with E-state index in [1.54, 1.807) is 24.1 Å². The van der Waals surface area contributed by atoms with E-state index >= 15 is 0 Å². The molecule has 0 saturated carbocycles. The Bertz CT molecular complexity index is 1770. The van der Waals surface area contributed by atoms with Gasteiger partial charge >= 0.3 is 0 Å². The van der Waals surface area contributed by atoms with Crippen LogP contribution in [0.3, 0.4) is 0 Å². The van der Waals surface area contributed by atoms with Gasteiger partial charge in [-0.25, -0.2) is 18.6 Å². The number of nitrogens with zero attached hydrogens (tertiary/aromatic N) is 2. The first-order valence-corrected chi connectivity index (χ1v) is 22.7. The highest BCUT2D eigenvalue weighted by molar-refractivity contribution is 6.34. The van der Waals surface area contributed by atoms with Gasteiger partial charge in [0.2, 0.25) is 17.7 Å². The number of carbonyl (C=O) groups excluding carboxylic acids is 3. The molecule has 0 spiro atoms. The first-order valence-electron chi connectivity index (χ1n) is 22.0. The lowest BCUT2D eigenvalue weighted by atomic mass is 10.0.